The van der Waals surface area contributed by atoms with E-state index < -0.39 is 0 Å². The Morgan fingerprint density at radius 2 is 1.67 bits per heavy atom. The van der Waals surface area contributed by atoms with Crippen LogP contribution < -0.4 is 32.4 Å². The molecule has 3 rings (SSSR count). The highest BCUT2D eigenvalue weighted by molar-refractivity contribution is 5.99. The minimum atomic E-state index is -0.293. The molecule has 1 aromatic heterocycles. The van der Waals surface area contributed by atoms with Gasteiger partial charge in [-0.3, -0.25) is 0 Å². The molecule has 0 spiro atoms. The summed E-state index contributed by atoms with van der Waals surface area (Å²) in [6.45, 7) is 1.92. The lowest BCUT2D eigenvalue weighted by atomic mass is 10.0. The second kappa shape index (κ2) is 6.93. The predicted octanol–water partition coefficient (Wildman–Crippen LogP) is -0.0232. The number of fused-ring (bicyclic) bond motifs is 1. The summed E-state index contributed by atoms with van der Waals surface area (Å²) in [4.78, 5) is 0. The van der Waals surface area contributed by atoms with E-state index in [2.05, 4.69) is 0 Å². The number of aromatic nitrogens is 1. The van der Waals surface area contributed by atoms with E-state index in [4.69, 9.17) is 15.3 Å². The van der Waals surface area contributed by atoms with Gasteiger partial charge in [-0.1, -0.05) is 4.68 Å². The number of hydrogen-bond acceptors (Lipinski definition) is 3. The van der Waals surface area contributed by atoms with Crippen LogP contribution in [0.25, 0.3) is 22.0 Å². The lowest BCUT2D eigenvalue weighted by molar-refractivity contribution is -0.632. The third kappa shape index (κ3) is 2.83. The van der Waals surface area contributed by atoms with Crippen molar-refractivity contribution in [2.45, 2.75) is 6.92 Å². The van der Waals surface area contributed by atoms with E-state index in [0.717, 1.165) is 27.7 Å². The van der Waals surface area contributed by atoms with Gasteiger partial charge in [-0.2, -0.15) is 0 Å². The minimum absolute atomic E-state index is 0. The molecular weight excluding hydrogens is 331 g/mol. The van der Waals surface area contributed by atoms with E-state index in [1.54, 1.807) is 31.0 Å². The van der Waals surface area contributed by atoms with Gasteiger partial charge in [0.25, 0.3) is 5.69 Å². The Morgan fingerprint density at radius 1 is 1.00 bits per heavy atom. The maximum Gasteiger partial charge on any atom is 0.254 e. The molecule has 0 bridgehead atoms. The van der Waals surface area contributed by atoms with Crippen molar-refractivity contribution >= 4 is 10.8 Å². The monoisotopic (exact) mass is 348 g/mol. The number of hydrogen-bond donors (Lipinski definition) is 1. The van der Waals surface area contributed by atoms with Crippen LogP contribution in [0.15, 0.2) is 42.5 Å². The van der Waals surface area contributed by atoms with Gasteiger partial charge in [0.15, 0.2) is 11.5 Å². The summed E-state index contributed by atoms with van der Waals surface area (Å²) in [6, 6.07) is 12.0. The molecule has 0 radical (unpaired) electrons. The molecule has 0 aliphatic rings. The molecule has 3 aromatic rings. The van der Waals surface area contributed by atoms with Gasteiger partial charge >= 0.3 is 0 Å². The number of ether oxygens (including phenoxy) is 2. The zero-order valence-electron chi connectivity index (χ0n) is 13.6. The number of halogens is 2. The van der Waals surface area contributed by atoms with Crippen LogP contribution in [0.4, 0.5) is 4.39 Å². The largest absolute Gasteiger partial charge is 1.00 e. The Morgan fingerprint density at radius 3 is 2.25 bits per heavy atom. The highest BCUT2D eigenvalue weighted by atomic mass is 35.5. The molecule has 0 aliphatic carbocycles. The second-order valence-corrected chi connectivity index (χ2v) is 5.28. The number of methoxy groups -OCH3 is 2. The maximum atomic E-state index is 13.3. The average molecular weight is 349 g/mol. The Hall–Kier alpha value is -2.53. The van der Waals surface area contributed by atoms with Crippen LogP contribution in [0.5, 0.6) is 11.5 Å². The first kappa shape index (κ1) is 17.8. The van der Waals surface area contributed by atoms with Crippen LogP contribution in [-0.2, 0) is 0 Å². The molecule has 2 aromatic carbocycles. The molecule has 0 saturated carbocycles. The van der Waals surface area contributed by atoms with Gasteiger partial charge < -0.3 is 21.9 Å². The number of nitrogens with zero attached hydrogens (tertiary/aromatic N) is 1. The van der Waals surface area contributed by atoms with Crippen LogP contribution in [0.3, 0.4) is 0 Å². The van der Waals surface area contributed by atoms with Crippen molar-refractivity contribution < 1.29 is 30.9 Å². The summed E-state index contributed by atoms with van der Waals surface area (Å²) >= 11 is 0. The van der Waals surface area contributed by atoms with Crippen LogP contribution >= 0.6 is 0 Å². The Kier molecular flexibility index (Phi) is 5.14. The van der Waals surface area contributed by atoms with E-state index in [0.29, 0.717) is 11.5 Å². The van der Waals surface area contributed by atoms with E-state index in [1.165, 1.54) is 12.1 Å². The number of nitrogen functional groups attached to an aromatic ring is 1. The Labute approximate surface area is 146 Å². The van der Waals surface area contributed by atoms with Crippen LogP contribution in [0, 0.1) is 12.7 Å². The Bertz CT molecular complexity index is 883. The Balaban J connectivity index is 0.00000208. The second-order valence-electron chi connectivity index (χ2n) is 5.28. The summed E-state index contributed by atoms with van der Waals surface area (Å²) in [7, 11) is 3.18. The zero-order chi connectivity index (χ0) is 16.6. The fraction of sp³-hybridized carbons (Fsp3) is 0.167. The fourth-order valence-electron chi connectivity index (χ4n) is 2.79. The predicted molar refractivity (Wildman–Crippen MR) is 87.5 cm³/mol. The topological polar surface area (TPSA) is 48.4 Å². The molecular formula is C18H18ClFN2O2. The van der Waals surface area contributed by atoms with Gasteiger partial charge in [0, 0.05) is 13.0 Å². The van der Waals surface area contributed by atoms with E-state index in [-0.39, 0.29) is 18.2 Å². The maximum absolute atomic E-state index is 13.3. The molecule has 1 heterocycles. The van der Waals surface area contributed by atoms with Gasteiger partial charge in [0.1, 0.15) is 11.2 Å². The average Bonchev–Trinajstić information content (AvgIpc) is 2.56. The fourth-order valence-corrected chi connectivity index (χ4v) is 2.79. The first-order chi connectivity index (χ1) is 11.1. The lowest BCUT2D eigenvalue weighted by Gasteiger charge is -2.13. The summed E-state index contributed by atoms with van der Waals surface area (Å²) in [5.41, 5.74) is 2.42. The van der Waals surface area contributed by atoms with Crippen LogP contribution in [-0.4, -0.2) is 14.2 Å². The summed E-state index contributed by atoms with van der Waals surface area (Å²) in [6.07, 6.45) is 0. The third-order valence-electron chi connectivity index (χ3n) is 3.92. The van der Waals surface area contributed by atoms with Gasteiger partial charge in [-0.15, -0.1) is 0 Å². The van der Waals surface area contributed by atoms with E-state index in [9.17, 15) is 4.39 Å². The number of aryl methyl sites for hydroxylation is 1. The highest BCUT2D eigenvalue weighted by Gasteiger charge is 2.24. The molecule has 4 nitrogen and oxygen atoms in total. The zero-order valence-corrected chi connectivity index (χ0v) is 14.4. The van der Waals surface area contributed by atoms with Crippen molar-refractivity contribution in [2.75, 3.05) is 20.1 Å². The SMILES string of the molecule is COc1ccc2cc(C)[n+](N)c(-c3ccc(F)cc3)c2c1OC.[Cl-]. The standard InChI is InChI=1S/C18H18FN2O2.ClH/c1-11-10-13-6-9-15(22-2)18(23-3)16(13)17(21(11)20)12-4-7-14(19)8-5-12;/h4-10H,20H2,1-3H3;1H/q+1;/p-1. The lowest BCUT2D eigenvalue weighted by Crippen LogP contribution is -3.00. The number of benzene rings is 2. The van der Waals surface area contributed by atoms with Gasteiger partial charge in [0.05, 0.1) is 19.8 Å². The van der Waals surface area contributed by atoms with Gasteiger partial charge in [0.2, 0.25) is 5.69 Å². The van der Waals surface area contributed by atoms with Crippen molar-refractivity contribution in [3.05, 3.63) is 54.0 Å². The van der Waals surface area contributed by atoms with Gasteiger partial charge in [-0.25, -0.2) is 10.2 Å². The molecule has 0 atom stereocenters. The van der Waals surface area contributed by atoms with E-state index >= 15 is 0 Å². The molecule has 0 aliphatic heterocycles. The van der Waals surface area contributed by atoms with E-state index in [1.807, 2.05) is 25.1 Å². The number of pyridine rings is 1. The van der Waals surface area contributed by atoms with Crippen molar-refractivity contribution in [3.8, 4) is 22.8 Å². The smallest absolute Gasteiger partial charge is 0.254 e. The highest BCUT2D eigenvalue weighted by Crippen LogP contribution is 2.39. The third-order valence-corrected chi connectivity index (χ3v) is 3.92. The number of nitrogens with two attached hydrogens (primary N) is 1. The molecule has 2 N–H and O–H groups in total. The first-order valence-electron chi connectivity index (χ1n) is 7.18. The normalized spacial score (nSPS) is 10.3. The molecule has 6 heteroatoms. The van der Waals surface area contributed by atoms with Gasteiger partial charge in [-0.05, 0) is 41.8 Å². The molecule has 24 heavy (non-hydrogen) atoms. The van der Waals surface area contributed by atoms with Crippen molar-refractivity contribution in [2.24, 2.45) is 0 Å². The molecule has 126 valence electrons. The molecule has 0 amide bonds. The van der Waals surface area contributed by atoms with Crippen molar-refractivity contribution in [1.82, 2.24) is 0 Å². The molecule has 0 fully saturated rings. The summed E-state index contributed by atoms with van der Waals surface area (Å²) < 4.78 is 25.8. The number of rotatable bonds is 3. The van der Waals surface area contributed by atoms with Crippen LogP contribution in [0.2, 0.25) is 0 Å². The molecule has 0 saturated heterocycles. The van der Waals surface area contributed by atoms with Crippen molar-refractivity contribution in [3.63, 3.8) is 0 Å². The molecule has 0 unspecified atom stereocenters. The van der Waals surface area contributed by atoms with Crippen LogP contribution in [0.1, 0.15) is 5.69 Å². The quantitative estimate of drug-likeness (QED) is 0.534. The van der Waals surface area contributed by atoms with Crippen molar-refractivity contribution in [1.29, 1.82) is 0 Å². The first-order valence-corrected chi connectivity index (χ1v) is 7.18. The summed E-state index contributed by atoms with van der Waals surface area (Å²) in [5.74, 6) is 7.19. The minimum Gasteiger partial charge on any atom is -1.00 e. The summed E-state index contributed by atoms with van der Waals surface area (Å²) in [5, 5.41) is 1.80.